The number of nitrogens with two attached hydrogens (primary N) is 1. The summed E-state index contributed by atoms with van der Waals surface area (Å²) in [6, 6.07) is 7.31. The maximum absolute atomic E-state index is 12.2. The Morgan fingerprint density at radius 1 is 1.53 bits per heavy atom. The molecule has 0 heterocycles. The number of hydrogen-bond donors (Lipinski definition) is 1. The fourth-order valence-electron chi connectivity index (χ4n) is 2.59. The molecule has 0 radical (unpaired) electrons. The molecular formula is C15H20ClNO2. The van der Waals surface area contributed by atoms with E-state index in [9.17, 15) is 4.79 Å². The van der Waals surface area contributed by atoms with Crippen LogP contribution >= 0.6 is 11.6 Å². The van der Waals surface area contributed by atoms with Crippen molar-refractivity contribution in [2.45, 2.75) is 44.8 Å². The Morgan fingerprint density at radius 3 is 3.00 bits per heavy atom. The zero-order valence-corrected chi connectivity index (χ0v) is 12.0. The third-order valence-electron chi connectivity index (χ3n) is 4.00. The molecule has 1 aromatic carbocycles. The number of ether oxygens (including phenoxy) is 1. The number of benzene rings is 1. The number of carbonyl (C=O) groups excluding carboxylic acids is 1. The van der Waals surface area contributed by atoms with Crippen molar-refractivity contribution in [1.82, 2.24) is 0 Å². The summed E-state index contributed by atoms with van der Waals surface area (Å²) in [4.78, 5) is 12.2. The molecule has 2 N–H and O–H groups in total. The predicted molar refractivity (Wildman–Crippen MR) is 75.8 cm³/mol. The van der Waals surface area contributed by atoms with Gasteiger partial charge in [0.15, 0.2) is 0 Å². The second-order valence-corrected chi connectivity index (χ2v) is 5.83. The third kappa shape index (κ3) is 3.28. The van der Waals surface area contributed by atoms with Gasteiger partial charge in [0, 0.05) is 5.02 Å². The van der Waals surface area contributed by atoms with E-state index in [-0.39, 0.29) is 18.5 Å². The highest BCUT2D eigenvalue weighted by atomic mass is 35.5. The molecular weight excluding hydrogens is 262 g/mol. The SMILES string of the molecule is CC1CCCCC1(N)C(=O)OCc1cccc(Cl)c1. The Morgan fingerprint density at radius 2 is 2.32 bits per heavy atom. The Hall–Kier alpha value is -1.06. The third-order valence-corrected chi connectivity index (χ3v) is 4.23. The van der Waals surface area contributed by atoms with E-state index < -0.39 is 5.54 Å². The molecule has 3 nitrogen and oxygen atoms in total. The summed E-state index contributed by atoms with van der Waals surface area (Å²) in [7, 11) is 0. The average Bonchev–Trinajstić information content (AvgIpc) is 2.39. The van der Waals surface area contributed by atoms with E-state index in [4.69, 9.17) is 22.1 Å². The van der Waals surface area contributed by atoms with Crippen LogP contribution in [0.5, 0.6) is 0 Å². The van der Waals surface area contributed by atoms with Crippen molar-refractivity contribution in [3.8, 4) is 0 Å². The summed E-state index contributed by atoms with van der Waals surface area (Å²) < 4.78 is 5.37. The second kappa shape index (κ2) is 5.93. The monoisotopic (exact) mass is 281 g/mol. The van der Waals surface area contributed by atoms with Crippen molar-refractivity contribution >= 4 is 17.6 Å². The van der Waals surface area contributed by atoms with E-state index in [1.54, 1.807) is 12.1 Å². The zero-order chi connectivity index (χ0) is 13.9. The predicted octanol–water partition coefficient (Wildman–Crippen LogP) is 3.29. The van der Waals surface area contributed by atoms with Gasteiger partial charge < -0.3 is 10.5 Å². The van der Waals surface area contributed by atoms with Crippen LogP contribution in [0.25, 0.3) is 0 Å². The Balaban J connectivity index is 1.97. The maximum atomic E-state index is 12.2. The molecule has 104 valence electrons. The number of halogens is 1. The van der Waals surface area contributed by atoms with Crippen LogP contribution in [0.15, 0.2) is 24.3 Å². The van der Waals surface area contributed by atoms with Crippen molar-refractivity contribution in [1.29, 1.82) is 0 Å². The molecule has 1 aliphatic rings. The first-order chi connectivity index (χ1) is 9.02. The molecule has 0 bridgehead atoms. The van der Waals surface area contributed by atoms with Crippen LogP contribution in [0.3, 0.4) is 0 Å². The first-order valence-corrected chi connectivity index (χ1v) is 7.11. The summed E-state index contributed by atoms with van der Waals surface area (Å²) in [6.07, 6.45) is 3.83. The van der Waals surface area contributed by atoms with Gasteiger partial charge in [-0.3, -0.25) is 4.79 Å². The highest BCUT2D eigenvalue weighted by Crippen LogP contribution is 2.32. The van der Waals surface area contributed by atoms with Gasteiger partial charge in [0.25, 0.3) is 0 Å². The minimum absolute atomic E-state index is 0.174. The van der Waals surface area contributed by atoms with E-state index in [0.717, 1.165) is 24.8 Å². The molecule has 1 aliphatic carbocycles. The standard InChI is InChI=1S/C15H20ClNO2/c1-11-5-2-3-8-15(11,17)14(18)19-10-12-6-4-7-13(16)9-12/h4,6-7,9,11H,2-3,5,8,10,17H2,1H3. The Bertz CT molecular complexity index is 463. The maximum Gasteiger partial charge on any atom is 0.326 e. The lowest BCUT2D eigenvalue weighted by atomic mass is 9.74. The topological polar surface area (TPSA) is 52.3 Å². The van der Waals surface area contributed by atoms with Crippen molar-refractivity contribution in [3.05, 3.63) is 34.9 Å². The first-order valence-electron chi connectivity index (χ1n) is 6.73. The molecule has 0 saturated heterocycles. The number of esters is 1. The largest absolute Gasteiger partial charge is 0.459 e. The Kier molecular flexibility index (Phi) is 4.48. The lowest BCUT2D eigenvalue weighted by Gasteiger charge is -2.36. The lowest BCUT2D eigenvalue weighted by Crippen LogP contribution is -2.55. The highest BCUT2D eigenvalue weighted by molar-refractivity contribution is 6.30. The van der Waals surface area contributed by atoms with Crippen molar-refractivity contribution < 1.29 is 9.53 Å². The molecule has 1 saturated carbocycles. The minimum Gasteiger partial charge on any atom is -0.459 e. The van der Waals surface area contributed by atoms with Crippen molar-refractivity contribution in [3.63, 3.8) is 0 Å². The summed E-state index contributed by atoms with van der Waals surface area (Å²) in [5, 5.41) is 0.641. The Labute approximate surface area is 119 Å². The van der Waals surface area contributed by atoms with Crippen LogP contribution in [0.4, 0.5) is 0 Å². The van der Waals surface area contributed by atoms with Crippen LogP contribution in [0, 0.1) is 5.92 Å². The first kappa shape index (κ1) is 14.4. The van der Waals surface area contributed by atoms with Gasteiger partial charge in [0.1, 0.15) is 12.1 Å². The average molecular weight is 282 g/mol. The molecule has 4 heteroatoms. The van der Waals surface area contributed by atoms with Gasteiger partial charge in [-0.25, -0.2) is 0 Å². The molecule has 0 spiro atoms. The molecule has 0 aliphatic heterocycles. The van der Waals surface area contributed by atoms with E-state index in [0.29, 0.717) is 11.4 Å². The van der Waals surface area contributed by atoms with Crippen molar-refractivity contribution in [2.75, 3.05) is 0 Å². The summed E-state index contributed by atoms with van der Waals surface area (Å²) in [6.45, 7) is 2.25. The van der Waals surface area contributed by atoms with Gasteiger partial charge in [-0.05, 0) is 36.5 Å². The molecule has 0 amide bonds. The van der Waals surface area contributed by atoms with Crippen LogP contribution < -0.4 is 5.73 Å². The molecule has 2 atom stereocenters. The number of hydrogen-bond acceptors (Lipinski definition) is 3. The fourth-order valence-corrected chi connectivity index (χ4v) is 2.80. The molecule has 1 aromatic rings. The quantitative estimate of drug-likeness (QED) is 0.865. The number of carbonyl (C=O) groups is 1. The smallest absolute Gasteiger partial charge is 0.326 e. The van der Waals surface area contributed by atoms with E-state index in [1.807, 2.05) is 19.1 Å². The minimum atomic E-state index is -0.823. The molecule has 1 fully saturated rings. The number of rotatable bonds is 3. The van der Waals surface area contributed by atoms with Gasteiger partial charge in [-0.2, -0.15) is 0 Å². The molecule has 2 rings (SSSR count). The van der Waals surface area contributed by atoms with Gasteiger partial charge in [-0.1, -0.05) is 43.5 Å². The fraction of sp³-hybridized carbons (Fsp3) is 0.533. The van der Waals surface area contributed by atoms with Gasteiger partial charge >= 0.3 is 5.97 Å². The van der Waals surface area contributed by atoms with Crippen LogP contribution in [-0.4, -0.2) is 11.5 Å². The van der Waals surface area contributed by atoms with Gasteiger partial charge in [0.2, 0.25) is 0 Å². The van der Waals surface area contributed by atoms with Crippen LogP contribution in [-0.2, 0) is 16.1 Å². The van der Waals surface area contributed by atoms with Crippen molar-refractivity contribution in [2.24, 2.45) is 11.7 Å². The zero-order valence-electron chi connectivity index (χ0n) is 11.2. The molecule has 0 aromatic heterocycles. The summed E-state index contributed by atoms with van der Waals surface area (Å²) in [5.41, 5.74) is 6.30. The highest BCUT2D eigenvalue weighted by Gasteiger charge is 2.42. The van der Waals surface area contributed by atoms with Crippen LogP contribution in [0.2, 0.25) is 5.02 Å². The molecule has 19 heavy (non-hydrogen) atoms. The normalized spacial score (nSPS) is 27.0. The van der Waals surface area contributed by atoms with E-state index in [2.05, 4.69) is 0 Å². The van der Waals surface area contributed by atoms with E-state index in [1.165, 1.54) is 0 Å². The summed E-state index contributed by atoms with van der Waals surface area (Å²) >= 11 is 5.89. The van der Waals surface area contributed by atoms with Gasteiger partial charge in [0.05, 0.1) is 0 Å². The lowest BCUT2D eigenvalue weighted by molar-refractivity contribution is -0.155. The van der Waals surface area contributed by atoms with Gasteiger partial charge in [-0.15, -0.1) is 0 Å². The second-order valence-electron chi connectivity index (χ2n) is 5.39. The molecule has 2 unspecified atom stereocenters. The van der Waals surface area contributed by atoms with Crippen LogP contribution in [0.1, 0.15) is 38.2 Å². The summed E-state index contributed by atoms with van der Waals surface area (Å²) in [5.74, 6) is -0.118. The van der Waals surface area contributed by atoms with E-state index >= 15 is 0 Å².